The molecule has 1 N–H and O–H groups in total. The van der Waals surface area contributed by atoms with Gasteiger partial charge in [0.25, 0.3) is 0 Å². The number of para-hydroxylation sites is 1. The number of hydrogen-bond acceptors (Lipinski definition) is 3. The van der Waals surface area contributed by atoms with Gasteiger partial charge in [-0.2, -0.15) is 5.10 Å². The normalized spacial score (nSPS) is 11.4. The highest BCUT2D eigenvalue weighted by Crippen LogP contribution is 2.28. The highest BCUT2D eigenvalue weighted by Gasteiger charge is 2.16. The fraction of sp³-hybridized carbons (Fsp3) is 0.312. The van der Waals surface area contributed by atoms with Gasteiger partial charge in [-0.1, -0.05) is 29.8 Å². The molecule has 0 aliphatic carbocycles. The van der Waals surface area contributed by atoms with E-state index in [-0.39, 0.29) is 0 Å². The summed E-state index contributed by atoms with van der Waals surface area (Å²) in [4.78, 5) is 0. The van der Waals surface area contributed by atoms with Gasteiger partial charge in [0, 0.05) is 17.5 Å². The van der Waals surface area contributed by atoms with Gasteiger partial charge in [0.05, 0.1) is 23.0 Å². The van der Waals surface area contributed by atoms with E-state index in [4.69, 9.17) is 16.0 Å². The van der Waals surface area contributed by atoms with Crippen molar-refractivity contribution in [2.75, 3.05) is 7.05 Å². The highest BCUT2D eigenvalue weighted by atomic mass is 35.5. The molecule has 4 nitrogen and oxygen atoms in total. The van der Waals surface area contributed by atoms with E-state index >= 15 is 0 Å². The molecule has 0 radical (unpaired) electrons. The smallest absolute Gasteiger partial charge is 0.134 e. The standard InChI is InChI=1S/C16H18ClN3O/c1-10-16(17)11(2)20(19-10)9-15-13(8-18-3)12-6-4-5-7-14(12)21-15/h4-7,18H,8-9H2,1-3H3. The highest BCUT2D eigenvalue weighted by molar-refractivity contribution is 6.31. The summed E-state index contributed by atoms with van der Waals surface area (Å²) in [5.74, 6) is 0.924. The van der Waals surface area contributed by atoms with Gasteiger partial charge >= 0.3 is 0 Å². The maximum absolute atomic E-state index is 6.22. The van der Waals surface area contributed by atoms with Crippen molar-refractivity contribution in [1.82, 2.24) is 15.1 Å². The van der Waals surface area contributed by atoms with Crippen molar-refractivity contribution in [3.63, 3.8) is 0 Å². The Labute approximate surface area is 128 Å². The number of fused-ring (bicyclic) bond motifs is 1. The predicted octanol–water partition coefficient (Wildman–Crippen LogP) is 3.67. The number of halogens is 1. The van der Waals surface area contributed by atoms with Crippen LogP contribution >= 0.6 is 11.6 Å². The number of hydrogen-bond donors (Lipinski definition) is 1. The Morgan fingerprint density at radius 1 is 1.29 bits per heavy atom. The van der Waals surface area contributed by atoms with Crippen LogP contribution in [-0.2, 0) is 13.1 Å². The van der Waals surface area contributed by atoms with E-state index in [2.05, 4.69) is 16.5 Å². The van der Waals surface area contributed by atoms with E-state index < -0.39 is 0 Å². The lowest BCUT2D eigenvalue weighted by molar-refractivity contribution is 0.496. The molecule has 0 bridgehead atoms. The third-order valence-corrected chi connectivity index (χ3v) is 4.27. The molecule has 3 aromatic rings. The Kier molecular flexibility index (Phi) is 3.74. The summed E-state index contributed by atoms with van der Waals surface area (Å²) in [5, 5.41) is 9.56. The van der Waals surface area contributed by atoms with Gasteiger partial charge in [-0.25, -0.2) is 0 Å². The molecule has 0 saturated carbocycles. The lowest BCUT2D eigenvalue weighted by Crippen LogP contribution is -2.10. The minimum absolute atomic E-state index is 0.588. The van der Waals surface area contributed by atoms with Crippen LogP contribution in [0.5, 0.6) is 0 Å². The molecule has 1 aromatic carbocycles. The summed E-state index contributed by atoms with van der Waals surface area (Å²) in [6.45, 7) is 5.24. The Bertz CT molecular complexity index is 788. The molecule has 0 saturated heterocycles. The molecule has 0 aliphatic heterocycles. The summed E-state index contributed by atoms with van der Waals surface area (Å²) in [6, 6.07) is 8.09. The molecule has 0 unspecified atom stereocenters. The topological polar surface area (TPSA) is 43.0 Å². The molecule has 5 heteroatoms. The Morgan fingerprint density at radius 3 is 2.71 bits per heavy atom. The lowest BCUT2D eigenvalue weighted by atomic mass is 10.1. The van der Waals surface area contributed by atoms with Crippen molar-refractivity contribution in [3.8, 4) is 0 Å². The lowest BCUT2D eigenvalue weighted by Gasteiger charge is -2.05. The quantitative estimate of drug-likeness (QED) is 0.800. The van der Waals surface area contributed by atoms with E-state index in [9.17, 15) is 0 Å². The zero-order valence-corrected chi connectivity index (χ0v) is 13.2. The predicted molar refractivity (Wildman–Crippen MR) is 84.8 cm³/mol. The zero-order valence-electron chi connectivity index (χ0n) is 12.4. The minimum Gasteiger partial charge on any atom is -0.459 e. The van der Waals surface area contributed by atoms with Crippen LogP contribution in [0.3, 0.4) is 0 Å². The first-order valence-corrected chi connectivity index (χ1v) is 7.33. The summed E-state index contributed by atoms with van der Waals surface area (Å²) in [6.07, 6.45) is 0. The van der Waals surface area contributed by atoms with Gasteiger partial charge in [0.1, 0.15) is 11.3 Å². The van der Waals surface area contributed by atoms with E-state index in [1.807, 2.05) is 43.8 Å². The summed E-state index contributed by atoms with van der Waals surface area (Å²) in [7, 11) is 1.94. The van der Waals surface area contributed by atoms with Crippen molar-refractivity contribution in [2.24, 2.45) is 0 Å². The molecule has 0 spiro atoms. The summed E-state index contributed by atoms with van der Waals surface area (Å²) < 4.78 is 7.91. The zero-order chi connectivity index (χ0) is 15.0. The molecule has 3 rings (SSSR count). The van der Waals surface area contributed by atoms with Crippen LogP contribution in [0.1, 0.15) is 22.7 Å². The summed E-state index contributed by atoms with van der Waals surface area (Å²) >= 11 is 6.22. The second kappa shape index (κ2) is 5.54. The molecule has 2 aromatic heterocycles. The fourth-order valence-corrected chi connectivity index (χ4v) is 2.75. The number of rotatable bonds is 4. The maximum atomic E-state index is 6.22. The number of aromatic nitrogens is 2. The molecule has 0 fully saturated rings. The third kappa shape index (κ3) is 2.45. The Hall–Kier alpha value is -1.78. The van der Waals surface area contributed by atoms with Crippen molar-refractivity contribution in [1.29, 1.82) is 0 Å². The number of nitrogens with zero attached hydrogens (tertiary/aromatic N) is 2. The van der Waals surface area contributed by atoms with E-state index in [1.165, 1.54) is 5.56 Å². The monoisotopic (exact) mass is 303 g/mol. The van der Waals surface area contributed by atoms with Crippen molar-refractivity contribution in [3.05, 3.63) is 52.0 Å². The van der Waals surface area contributed by atoms with Crippen LogP contribution in [0.15, 0.2) is 28.7 Å². The average Bonchev–Trinajstić information content (AvgIpc) is 2.94. The molecule has 110 valence electrons. The molecule has 0 amide bonds. The van der Waals surface area contributed by atoms with Crippen LogP contribution < -0.4 is 5.32 Å². The van der Waals surface area contributed by atoms with Gasteiger partial charge in [0.15, 0.2) is 0 Å². The van der Waals surface area contributed by atoms with Crippen LogP contribution in [0.25, 0.3) is 11.0 Å². The van der Waals surface area contributed by atoms with Crippen LogP contribution in [0.2, 0.25) is 5.02 Å². The Balaban J connectivity index is 2.07. The first-order valence-electron chi connectivity index (χ1n) is 6.95. The van der Waals surface area contributed by atoms with Crippen molar-refractivity contribution < 1.29 is 4.42 Å². The summed E-state index contributed by atoms with van der Waals surface area (Å²) in [5.41, 5.74) is 3.90. The second-order valence-corrected chi connectivity index (χ2v) is 5.55. The van der Waals surface area contributed by atoms with Gasteiger partial charge in [-0.05, 0) is 27.0 Å². The number of aryl methyl sites for hydroxylation is 1. The van der Waals surface area contributed by atoms with Crippen molar-refractivity contribution in [2.45, 2.75) is 26.9 Å². The number of benzene rings is 1. The first kappa shape index (κ1) is 14.2. The molecule has 21 heavy (non-hydrogen) atoms. The van der Waals surface area contributed by atoms with Crippen LogP contribution in [0.4, 0.5) is 0 Å². The minimum atomic E-state index is 0.588. The number of nitrogens with one attached hydrogen (secondary N) is 1. The third-order valence-electron chi connectivity index (χ3n) is 3.72. The van der Waals surface area contributed by atoms with Gasteiger partial charge in [-0.3, -0.25) is 4.68 Å². The van der Waals surface area contributed by atoms with E-state index in [0.29, 0.717) is 6.54 Å². The first-order chi connectivity index (χ1) is 10.1. The van der Waals surface area contributed by atoms with E-state index in [1.54, 1.807) is 0 Å². The SMILES string of the molecule is CNCc1c(Cn2nc(C)c(Cl)c2C)oc2ccccc12. The van der Waals surface area contributed by atoms with Crippen LogP contribution in [-0.4, -0.2) is 16.8 Å². The largest absolute Gasteiger partial charge is 0.459 e. The maximum Gasteiger partial charge on any atom is 0.134 e. The van der Waals surface area contributed by atoms with E-state index in [0.717, 1.165) is 39.7 Å². The van der Waals surface area contributed by atoms with Gasteiger partial charge < -0.3 is 9.73 Å². The molecule has 0 atom stereocenters. The van der Waals surface area contributed by atoms with Crippen molar-refractivity contribution >= 4 is 22.6 Å². The van der Waals surface area contributed by atoms with Crippen LogP contribution in [0, 0.1) is 13.8 Å². The van der Waals surface area contributed by atoms with Gasteiger partial charge in [0.2, 0.25) is 0 Å². The van der Waals surface area contributed by atoms with Gasteiger partial charge in [-0.15, -0.1) is 0 Å². The number of furan rings is 1. The fourth-order valence-electron chi connectivity index (χ4n) is 2.61. The molecule has 2 heterocycles. The molecular weight excluding hydrogens is 286 g/mol. The average molecular weight is 304 g/mol. The second-order valence-electron chi connectivity index (χ2n) is 5.17. The Morgan fingerprint density at radius 2 is 2.05 bits per heavy atom. The molecule has 0 aliphatic rings. The molecular formula is C16H18ClN3O.